The molecule has 0 unspecified atom stereocenters. The van der Waals surface area contributed by atoms with Gasteiger partial charge in [-0.15, -0.1) is 0 Å². The number of hydrogen-bond donors (Lipinski definition) is 1. The van der Waals surface area contributed by atoms with E-state index in [9.17, 15) is 9.59 Å². The van der Waals surface area contributed by atoms with Gasteiger partial charge in [-0.2, -0.15) is 5.26 Å². The topological polar surface area (TPSA) is 73.2 Å². The number of rotatable bonds is 3. The third-order valence-corrected chi connectivity index (χ3v) is 4.39. The van der Waals surface area contributed by atoms with Crippen molar-refractivity contribution in [2.45, 2.75) is 18.9 Å². The van der Waals surface area contributed by atoms with Crippen molar-refractivity contribution in [3.8, 4) is 6.07 Å². The van der Waals surface area contributed by atoms with Crippen LogP contribution in [0.5, 0.6) is 0 Å². The molecule has 3 rings (SSSR count). The summed E-state index contributed by atoms with van der Waals surface area (Å²) in [5.74, 6) is -0.142. The maximum Gasteiger partial charge on any atom is 0.253 e. The predicted molar refractivity (Wildman–Crippen MR) is 94.0 cm³/mol. The van der Waals surface area contributed by atoms with E-state index in [0.29, 0.717) is 29.8 Å². The zero-order valence-corrected chi connectivity index (χ0v) is 13.8. The number of nitriles is 1. The van der Waals surface area contributed by atoms with Crippen LogP contribution in [0.3, 0.4) is 0 Å². The molecule has 2 aromatic carbocycles. The lowest BCUT2D eigenvalue weighted by atomic mass is 10.0. The van der Waals surface area contributed by atoms with E-state index in [1.807, 2.05) is 18.2 Å². The third kappa shape index (κ3) is 4.04. The molecule has 0 spiro atoms. The van der Waals surface area contributed by atoms with Gasteiger partial charge in [0.2, 0.25) is 0 Å². The van der Waals surface area contributed by atoms with Gasteiger partial charge in [-0.3, -0.25) is 9.59 Å². The first-order valence-corrected chi connectivity index (χ1v) is 8.33. The molecule has 0 aromatic heterocycles. The van der Waals surface area contributed by atoms with Gasteiger partial charge in [-0.1, -0.05) is 24.3 Å². The highest BCUT2D eigenvalue weighted by Crippen LogP contribution is 2.15. The zero-order chi connectivity index (χ0) is 17.6. The molecule has 5 nitrogen and oxygen atoms in total. The largest absolute Gasteiger partial charge is 0.349 e. The summed E-state index contributed by atoms with van der Waals surface area (Å²) in [6.45, 7) is 1.19. The number of nitrogens with zero attached hydrogens (tertiary/aromatic N) is 2. The Kier molecular flexibility index (Phi) is 5.10. The van der Waals surface area contributed by atoms with Crippen molar-refractivity contribution in [3.63, 3.8) is 0 Å². The van der Waals surface area contributed by atoms with Gasteiger partial charge in [-0.25, -0.2) is 0 Å². The molecule has 2 amide bonds. The first-order valence-electron chi connectivity index (χ1n) is 8.33. The van der Waals surface area contributed by atoms with E-state index < -0.39 is 0 Å². The summed E-state index contributed by atoms with van der Waals surface area (Å²) in [6, 6.07) is 18.0. The quantitative estimate of drug-likeness (QED) is 0.938. The number of likely N-dealkylation sites (tertiary alicyclic amines) is 1. The molecule has 0 saturated carbocycles. The number of piperidine rings is 1. The van der Waals surface area contributed by atoms with E-state index in [1.165, 1.54) is 0 Å². The molecule has 126 valence electrons. The monoisotopic (exact) mass is 333 g/mol. The van der Waals surface area contributed by atoms with Crippen LogP contribution in [-0.4, -0.2) is 35.8 Å². The average molecular weight is 333 g/mol. The van der Waals surface area contributed by atoms with Gasteiger partial charge in [0.25, 0.3) is 11.8 Å². The molecule has 1 N–H and O–H groups in total. The smallest absolute Gasteiger partial charge is 0.253 e. The SMILES string of the molecule is N#Cc1cccc(C(=O)N2CCC(NC(=O)c3ccccc3)CC2)c1. The summed E-state index contributed by atoms with van der Waals surface area (Å²) in [6.07, 6.45) is 1.45. The molecule has 0 atom stereocenters. The minimum atomic E-state index is -0.0768. The van der Waals surface area contributed by atoms with Gasteiger partial charge < -0.3 is 10.2 Å². The van der Waals surface area contributed by atoms with E-state index in [0.717, 1.165) is 12.8 Å². The Morgan fingerprint density at radius 1 is 1.00 bits per heavy atom. The van der Waals surface area contributed by atoms with Crippen LogP contribution >= 0.6 is 0 Å². The minimum Gasteiger partial charge on any atom is -0.349 e. The Bertz CT molecular complexity index is 803. The first kappa shape index (κ1) is 16.7. The predicted octanol–water partition coefficient (Wildman–Crippen LogP) is 2.59. The van der Waals surface area contributed by atoms with Crippen molar-refractivity contribution in [2.75, 3.05) is 13.1 Å². The Morgan fingerprint density at radius 2 is 1.68 bits per heavy atom. The van der Waals surface area contributed by atoms with Gasteiger partial charge in [0.1, 0.15) is 0 Å². The summed E-state index contributed by atoms with van der Waals surface area (Å²) in [5.41, 5.74) is 1.66. The van der Waals surface area contributed by atoms with E-state index >= 15 is 0 Å². The van der Waals surface area contributed by atoms with Crippen molar-refractivity contribution in [2.24, 2.45) is 0 Å². The van der Waals surface area contributed by atoms with Crippen molar-refractivity contribution < 1.29 is 9.59 Å². The Morgan fingerprint density at radius 3 is 2.36 bits per heavy atom. The number of hydrogen-bond acceptors (Lipinski definition) is 3. The summed E-state index contributed by atoms with van der Waals surface area (Å²) in [4.78, 5) is 26.5. The van der Waals surface area contributed by atoms with Crippen LogP contribution in [0, 0.1) is 11.3 Å². The molecule has 1 aliphatic rings. The highest BCUT2D eigenvalue weighted by Gasteiger charge is 2.25. The van der Waals surface area contributed by atoms with Crippen LogP contribution in [-0.2, 0) is 0 Å². The molecule has 25 heavy (non-hydrogen) atoms. The molecule has 1 heterocycles. The molecule has 0 bridgehead atoms. The van der Waals surface area contributed by atoms with Crippen LogP contribution in [0.25, 0.3) is 0 Å². The average Bonchev–Trinajstić information content (AvgIpc) is 2.68. The molecule has 0 radical (unpaired) electrons. The highest BCUT2D eigenvalue weighted by molar-refractivity contribution is 5.95. The fraction of sp³-hybridized carbons (Fsp3) is 0.250. The van der Waals surface area contributed by atoms with E-state index in [2.05, 4.69) is 11.4 Å². The van der Waals surface area contributed by atoms with Gasteiger partial charge in [0, 0.05) is 30.3 Å². The summed E-state index contributed by atoms with van der Waals surface area (Å²) in [7, 11) is 0. The molecule has 5 heteroatoms. The van der Waals surface area contributed by atoms with Crippen LogP contribution in [0.2, 0.25) is 0 Å². The number of nitrogens with one attached hydrogen (secondary N) is 1. The second-order valence-corrected chi connectivity index (χ2v) is 6.10. The number of amides is 2. The van der Waals surface area contributed by atoms with E-state index in [1.54, 1.807) is 41.3 Å². The second-order valence-electron chi connectivity index (χ2n) is 6.10. The second kappa shape index (κ2) is 7.63. The van der Waals surface area contributed by atoms with Crippen molar-refractivity contribution in [3.05, 3.63) is 71.3 Å². The van der Waals surface area contributed by atoms with Crippen molar-refractivity contribution >= 4 is 11.8 Å². The lowest BCUT2D eigenvalue weighted by molar-refractivity contribution is 0.0698. The van der Waals surface area contributed by atoms with Crippen molar-refractivity contribution in [1.82, 2.24) is 10.2 Å². The van der Waals surface area contributed by atoms with Gasteiger partial charge in [-0.05, 0) is 43.2 Å². The van der Waals surface area contributed by atoms with Crippen LogP contribution in [0.4, 0.5) is 0 Å². The van der Waals surface area contributed by atoms with Crippen LogP contribution < -0.4 is 5.32 Å². The molecular weight excluding hydrogens is 314 g/mol. The third-order valence-electron chi connectivity index (χ3n) is 4.39. The standard InChI is InChI=1S/C20H19N3O2/c21-14-15-5-4-8-17(13-15)20(25)23-11-9-18(10-12-23)22-19(24)16-6-2-1-3-7-16/h1-8,13,18H,9-12H2,(H,22,24). The van der Waals surface area contributed by atoms with Crippen molar-refractivity contribution in [1.29, 1.82) is 5.26 Å². The minimum absolute atomic E-state index is 0.0649. The fourth-order valence-electron chi connectivity index (χ4n) is 2.99. The maximum atomic E-state index is 12.5. The van der Waals surface area contributed by atoms with E-state index in [4.69, 9.17) is 5.26 Å². The molecule has 2 aromatic rings. The Labute approximate surface area is 146 Å². The van der Waals surface area contributed by atoms with Crippen LogP contribution in [0.1, 0.15) is 39.1 Å². The van der Waals surface area contributed by atoms with Crippen LogP contribution in [0.15, 0.2) is 54.6 Å². The molecule has 1 fully saturated rings. The lowest BCUT2D eigenvalue weighted by Gasteiger charge is -2.32. The summed E-state index contributed by atoms with van der Waals surface area (Å²) >= 11 is 0. The normalized spacial score (nSPS) is 14.6. The summed E-state index contributed by atoms with van der Waals surface area (Å²) in [5, 5.41) is 12.0. The zero-order valence-electron chi connectivity index (χ0n) is 13.8. The van der Waals surface area contributed by atoms with Gasteiger partial charge in [0.05, 0.1) is 11.6 Å². The summed E-state index contributed by atoms with van der Waals surface area (Å²) < 4.78 is 0. The Hall–Kier alpha value is -3.13. The number of carbonyl (C=O) groups excluding carboxylic acids is 2. The lowest BCUT2D eigenvalue weighted by Crippen LogP contribution is -2.46. The van der Waals surface area contributed by atoms with Gasteiger partial charge >= 0.3 is 0 Å². The maximum absolute atomic E-state index is 12.5. The molecule has 1 saturated heterocycles. The first-order chi connectivity index (χ1) is 12.2. The molecular formula is C20H19N3O2. The number of benzene rings is 2. The molecule has 1 aliphatic heterocycles. The van der Waals surface area contributed by atoms with Gasteiger partial charge in [0.15, 0.2) is 0 Å². The highest BCUT2D eigenvalue weighted by atomic mass is 16.2. The fourth-order valence-corrected chi connectivity index (χ4v) is 2.99. The molecule has 0 aliphatic carbocycles. The number of carbonyl (C=O) groups is 2. The Balaban J connectivity index is 1.55. The van der Waals surface area contributed by atoms with E-state index in [-0.39, 0.29) is 17.9 Å².